The summed E-state index contributed by atoms with van der Waals surface area (Å²) in [4.78, 5) is 13.2. The zero-order valence-corrected chi connectivity index (χ0v) is 9.03. The molecule has 0 aliphatic rings. The molecule has 0 aliphatic heterocycles. The lowest BCUT2D eigenvalue weighted by atomic mass is 10.1. The van der Waals surface area contributed by atoms with Crippen LogP contribution in [0.1, 0.15) is 21.5 Å². The number of nitrogens with two attached hydrogens (primary N) is 1. The highest BCUT2D eigenvalue weighted by Gasteiger charge is 2.15. The van der Waals surface area contributed by atoms with E-state index in [0.29, 0.717) is 0 Å². The van der Waals surface area contributed by atoms with Gasteiger partial charge in [0.05, 0.1) is 11.0 Å². The van der Waals surface area contributed by atoms with Gasteiger partial charge in [0.25, 0.3) is 0 Å². The molecular formula is C9H11N5S. The molecule has 1 atom stereocenters. The van der Waals surface area contributed by atoms with E-state index in [-0.39, 0.29) is 6.04 Å². The van der Waals surface area contributed by atoms with E-state index in [1.165, 1.54) is 6.33 Å². The highest BCUT2D eigenvalue weighted by Crippen LogP contribution is 2.24. The Morgan fingerprint density at radius 2 is 2.07 bits per heavy atom. The molecule has 2 aromatic rings. The Labute approximate surface area is 91.4 Å². The summed E-state index contributed by atoms with van der Waals surface area (Å²) in [7, 11) is 0. The number of hydrazine groups is 1. The average molecular weight is 221 g/mol. The number of nitrogens with zero attached hydrogens (tertiary/aromatic N) is 3. The summed E-state index contributed by atoms with van der Waals surface area (Å²) in [6, 6.07) is -0.0857. The first-order valence-electron chi connectivity index (χ1n) is 4.44. The van der Waals surface area contributed by atoms with Gasteiger partial charge in [-0.1, -0.05) is 0 Å². The van der Waals surface area contributed by atoms with E-state index in [9.17, 15) is 0 Å². The fourth-order valence-corrected chi connectivity index (χ4v) is 2.19. The maximum Gasteiger partial charge on any atom is 0.115 e. The molecule has 2 rings (SSSR count). The van der Waals surface area contributed by atoms with Gasteiger partial charge in [-0.25, -0.2) is 20.4 Å². The smallest absolute Gasteiger partial charge is 0.115 e. The van der Waals surface area contributed by atoms with Crippen molar-refractivity contribution in [3.8, 4) is 0 Å². The Balaban J connectivity index is 2.33. The number of hydrogen-bond donors (Lipinski definition) is 2. The molecule has 1 unspecified atom stereocenters. The number of hydrogen-bond acceptors (Lipinski definition) is 6. The van der Waals surface area contributed by atoms with Crippen molar-refractivity contribution in [2.24, 2.45) is 5.84 Å². The summed E-state index contributed by atoms with van der Waals surface area (Å²) in [5.74, 6) is 5.52. The van der Waals surface area contributed by atoms with Crippen LogP contribution in [0, 0.1) is 6.92 Å². The SMILES string of the molecule is Cc1ncc(C(NN)c2cncnc2)s1. The minimum Gasteiger partial charge on any atom is -0.271 e. The molecule has 3 N–H and O–H groups in total. The fraction of sp³-hybridized carbons (Fsp3) is 0.222. The number of thiazole rings is 1. The normalized spacial score (nSPS) is 12.7. The molecule has 0 fully saturated rings. The van der Waals surface area contributed by atoms with E-state index in [0.717, 1.165) is 15.4 Å². The third-order valence-electron chi connectivity index (χ3n) is 2.00. The second-order valence-electron chi connectivity index (χ2n) is 3.05. The third-order valence-corrected chi connectivity index (χ3v) is 2.98. The number of rotatable bonds is 3. The standard InChI is InChI=1S/C9H11N5S/c1-6-13-4-8(15-6)9(14-10)7-2-11-5-12-3-7/h2-5,9,14H,10H2,1H3. The van der Waals surface area contributed by atoms with Crippen LogP contribution in [0.25, 0.3) is 0 Å². The molecule has 78 valence electrons. The zero-order valence-electron chi connectivity index (χ0n) is 8.21. The summed E-state index contributed by atoms with van der Waals surface area (Å²) in [5, 5.41) is 1.02. The number of nitrogens with one attached hydrogen (secondary N) is 1. The van der Waals surface area contributed by atoms with Gasteiger partial charge in [0.2, 0.25) is 0 Å². The van der Waals surface area contributed by atoms with Gasteiger partial charge in [0.15, 0.2) is 0 Å². The minimum absolute atomic E-state index is 0.0857. The second-order valence-corrected chi connectivity index (χ2v) is 4.32. The molecule has 2 aromatic heterocycles. The van der Waals surface area contributed by atoms with Gasteiger partial charge < -0.3 is 0 Å². The molecule has 0 saturated carbocycles. The van der Waals surface area contributed by atoms with Crippen molar-refractivity contribution in [1.29, 1.82) is 0 Å². The summed E-state index contributed by atoms with van der Waals surface area (Å²) in [6.07, 6.45) is 6.80. The van der Waals surface area contributed by atoms with Gasteiger partial charge in [-0.15, -0.1) is 11.3 Å². The molecule has 0 spiro atoms. The summed E-state index contributed by atoms with van der Waals surface area (Å²) < 4.78 is 0. The third kappa shape index (κ3) is 2.17. The van der Waals surface area contributed by atoms with E-state index >= 15 is 0 Å². The van der Waals surface area contributed by atoms with Crippen molar-refractivity contribution >= 4 is 11.3 Å². The Kier molecular flexibility index (Phi) is 3.00. The Morgan fingerprint density at radius 1 is 1.33 bits per heavy atom. The van der Waals surface area contributed by atoms with Gasteiger partial charge in [-0.05, 0) is 6.92 Å². The van der Waals surface area contributed by atoms with Crippen LogP contribution in [-0.4, -0.2) is 15.0 Å². The Hall–Kier alpha value is -1.37. The van der Waals surface area contributed by atoms with E-state index in [4.69, 9.17) is 5.84 Å². The lowest BCUT2D eigenvalue weighted by Crippen LogP contribution is -2.28. The Morgan fingerprint density at radius 3 is 2.60 bits per heavy atom. The first kappa shape index (κ1) is 10.2. The molecule has 0 amide bonds. The van der Waals surface area contributed by atoms with Gasteiger partial charge in [-0.2, -0.15) is 0 Å². The summed E-state index contributed by atoms with van der Waals surface area (Å²) >= 11 is 1.61. The molecular weight excluding hydrogens is 210 g/mol. The zero-order chi connectivity index (χ0) is 10.7. The van der Waals surface area contributed by atoms with Crippen LogP contribution in [0.5, 0.6) is 0 Å². The largest absolute Gasteiger partial charge is 0.271 e. The monoisotopic (exact) mass is 221 g/mol. The maximum atomic E-state index is 5.52. The van der Waals surface area contributed by atoms with Gasteiger partial charge in [-0.3, -0.25) is 5.84 Å². The highest BCUT2D eigenvalue weighted by atomic mass is 32.1. The number of aromatic nitrogens is 3. The first-order valence-corrected chi connectivity index (χ1v) is 5.26. The predicted octanol–water partition coefficient (Wildman–Crippen LogP) is 0.794. The molecule has 0 bridgehead atoms. The van der Waals surface area contributed by atoms with Crippen molar-refractivity contribution < 1.29 is 0 Å². The first-order chi connectivity index (χ1) is 7.31. The average Bonchev–Trinajstić information content (AvgIpc) is 2.68. The summed E-state index contributed by atoms with van der Waals surface area (Å²) in [6.45, 7) is 1.96. The van der Waals surface area contributed by atoms with Crippen LogP contribution in [0.4, 0.5) is 0 Å². The molecule has 6 heteroatoms. The fourth-order valence-electron chi connectivity index (χ4n) is 1.31. The molecule has 0 aromatic carbocycles. The molecule has 15 heavy (non-hydrogen) atoms. The van der Waals surface area contributed by atoms with Crippen molar-refractivity contribution in [2.75, 3.05) is 0 Å². The van der Waals surface area contributed by atoms with Crippen molar-refractivity contribution in [1.82, 2.24) is 20.4 Å². The van der Waals surface area contributed by atoms with Crippen molar-refractivity contribution in [2.45, 2.75) is 13.0 Å². The lowest BCUT2D eigenvalue weighted by molar-refractivity contribution is 0.640. The van der Waals surface area contributed by atoms with Crippen molar-refractivity contribution in [3.63, 3.8) is 0 Å². The lowest BCUT2D eigenvalue weighted by Gasteiger charge is -2.12. The summed E-state index contributed by atoms with van der Waals surface area (Å²) in [5.41, 5.74) is 3.67. The minimum atomic E-state index is -0.0857. The van der Waals surface area contributed by atoms with Crippen LogP contribution in [0.15, 0.2) is 24.9 Å². The van der Waals surface area contributed by atoms with Gasteiger partial charge in [0.1, 0.15) is 6.33 Å². The predicted molar refractivity (Wildman–Crippen MR) is 58.0 cm³/mol. The Bertz CT molecular complexity index is 427. The van der Waals surface area contributed by atoms with Gasteiger partial charge >= 0.3 is 0 Å². The maximum absolute atomic E-state index is 5.52. The molecule has 5 nitrogen and oxygen atoms in total. The van der Waals surface area contributed by atoms with E-state index in [2.05, 4.69) is 20.4 Å². The van der Waals surface area contributed by atoms with Crippen LogP contribution < -0.4 is 11.3 Å². The molecule has 0 aliphatic carbocycles. The van der Waals surface area contributed by atoms with Crippen LogP contribution >= 0.6 is 11.3 Å². The van der Waals surface area contributed by atoms with Crippen LogP contribution in [0.3, 0.4) is 0 Å². The second kappa shape index (κ2) is 4.43. The topological polar surface area (TPSA) is 76.7 Å². The van der Waals surface area contributed by atoms with Gasteiger partial charge in [0, 0.05) is 29.0 Å². The molecule has 0 radical (unpaired) electrons. The molecule has 0 saturated heterocycles. The quantitative estimate of drug-likeness (QED) is 0.592. The highest BCUT2D eigenvalue weighted by molar-refractivity contribution is 7.11. The van der Waals surface area contributed by atoms with E-state index < -0.39 is 0 Å². The van der Waals surface area contributed by atoms with Crippen molar-refractivity contribution in [3.05, 3.63) is 40.4 Å². The van der Waals surface area contributed by atoms with E-state index in [1.807, 2.05) is 13.1 Å². The molecule has 2 heterocycles. The van der Waals surface area contributed by atoms with E-state index in [1.54, 1.807) is 23.7 Å². The van der Waals surface area contributed by atoms with Crippen LogP contribution in [-0.2, 0) is 0 Å². The van der Waals surface area contributed by atoms with Crippen LogP contribution in [0.2, 0.25) is 0 Å². The number of aryl methyl sites for hydroxylation is 1.